The topological polar surface area (TPSA) is 78.9 Å². The van der Waals surface area contributed by atoms with Gasteiger partial charge in [-0.05, 0) is 0 Å². The Morgan fingerprint density at radius 3 is 1.86 bits per heavy atom. The molecule has 14 heavy (non-hydrogen) atoms. The van der Waals surface area contributed by atoms with Gasteiger partial charge < -0.3 is 13.8 Å². The second kappa shape index (κ2) is 7.37. The zero-order valence-electron chi connectivity index (χ0n) is 7.40. The molecule has 0 bridgehead atoms. The molecule has 0 saturated carbocycles. The van der Waals surface area contributed by atoms with Crippen LogP contribution in [0.1, 0.15) is 0 Å². The van der Waals surface area contributed by atoms with E-state index in [4.69, 9.17) is 0 Å². The summed E-state index contributed by atoms with van der Waals surface area (Å²) >= 11 is 0. The van der Waals surface area contributed by atoms with Gasteiger partial charge in [0, 0.05) is 14.2 Å². The minimum absolute atomic E-state index is 0. The van der Waals surface area contributed by atoms with Crippen molar-refractivity contribution in [1.82, 2.24) is 0 Å². The quantitative estimate of drug-likeness (QED) is 0.218. The number of carbonyl (C=O) groups is 1. The Hall–Kier alpha value is 0.0700. The number of hydrogen-bond donors (Lipinski definition) is 0. The Kier molecular flexibility index (Phi) is 8.69. The number of rotatable bonds is 4. The molecule has 0 spiro atoms. The van der Waals surface area contributed by atoms with E-state index in [2.05, 4.69) is 13.8 Å². The van der Waals surface area contributed by atoms with E-state index in [1.54, 1.807) is 0 Å². The van der Waals surface area contributed by atoms with E-state index in [-0.39, 0.29) is 29.6 Å². The first-order valence-corrected chi connectivity index (χ1v) is 4.65. The average molecular weight is 232 g/mol. The van der Waals surface area contributed by atoms with Gasteiger partial charge in [0.05, 0.1) is 7.11 Å². The molecule has 0 aromatic carbocycles. The van der Waals surface area contributed by atoms with Crippen LogP contribution in [-0.2, 0) is 27.9 Å². The normalized spacial score (nSPS) is 9.64. The van der Waals surface area contributed by atoms with Crippen molar-refractivity contribution >= 4 is 49.1 Å². The molecule has 0 rings (SSSR count). The number of ether oxygens (including phenoxy) is 1. The molecule has 0 radical (unpaired) electrons. The van der Waals surface area contributed by atoms with Gasteiger partial charge >= 0.3 is 43.1 Å². The minimum atomic E-state index is -3.85. The van der Waals surface area contributed by atoms with Gasteiger partial charge in [-0.15, -0.1) is 0 Å². The molecular weight excluding hydrogens is 222 g/mol. The number of methoxy groups -OCH3 is 1. The number of esters is 1. The fourth-order valence-corrected chi connectivity index (χ4v) is 1.50. The van der Waals surface area contributed by atoms with Crippen LogP contribution in [0.25, 0.3) is 0 Å². The summed E-state index contributed by atoms with van der Waals surface area (Å²) in [5.41, 5.74) is 0. The maximum atomic E-state index is 11.4. The summed E-state index contributed by atoms with van der Waals surface area (Å²) in [5, 5.41) is -0.778. The summed E-state index contributed by atoms with van der Waals surface area (Å²) in [6, 6.07) is 0. The summed E-state index contributed by atoms with van der Waals surface area (Å²) in [6.45, 7) is 0. The first-order valence-electron chi connectivity index (χ1n) is 3.11. The van der Waals surface area contributed by atoms with Gasteiger partial charge in [-0.3, -0.25) is 4.57 Å². The van der Waals surface area contributed by atoms with Crippen molar-refractivity contribution in [3.8, 4) is 0 Å². The third-order valence-corrected chi connectivity index (χ3v) is 3.01. The molecule has 0 fully saturated rings. The fourth-order valence-electron chi connectivity index (χ4n) is 0.563. The molecule has 76 valence electrons. The Morgan fingerprint density at radius 2 is 1.64 bits per heavy atom. The van der Waals surface area contributed by atoms with Crippen molar-refractivity contribution in [1.29, 1.82) is 0 Å². The Bertz CT molecular complexity index is 287. The molecule has 0 aliphatic rings. The van der Waals surface area contributed by atoms with Crippen LogP contribution >= 0.6 is 7.60 Å². The summed E-state index contributed by atoms with van der Waals surface area (Å²) < 4.78 is 24.4. The van der Waals surface area contributed by atoms with Crippen molar-refractivity contribution in [3.05, 3.63) is 5.31 Å². The number of hydrogen-bond acceptors (Lipinski definition) is 6. The van der Waals surface area contributed by atoms with E-state index in [0.717, 1.165) is 21.3 Å². The van der Waals surface area contributed by atoms with Crippen molar-refractivity contribution in [2.24, 2.45) is 0 Å². The molecule has 6 nitrogen and oxygen atoms in total. The molecule has 0 atom stereocenters. The molecule has 0 unspecified atom stereocenters. The molecular formula is C6H10NaO6P. The molecule has 0 aliphatic carbocycles. The summed E-state index contributed by atoms with van der Waals surface area (Å²) in [7, 11) is -0.716. The molecule has 0 aromatic rings. The van der Waals surface area contributed by atoms with Gasteiger partial charge in [0.1, 0.15) is 5.94 Å². The van der Waals surface area contributed by atoms with Gasteiger partial charge in [-0.1, -0.05) is 0 Å². The maximum absolute atomic E-state index is 11.4. The predicted octanol–water partition coefficient (Wildman–Crippen LogP) is -0.288. The molecule has 8 heteroatoms. The van der Waals surface area contributed by atoms with E-state index in [1.165, 1.54) is 5.94 Å². The zero-order chi connectivity index (χ0) is 10.5. The van der Waals surface area contributed by atoms with Gasteiger partial charge in [0.2, 0.25) is 5.31 Å². The van der Waals surface area contributed by atoms with Crippen molar-refractivity contribution in [2.45, 2.75) is 0 Å². The molecule has 0 amide bonds. The second-order valence-electron chi connectivity index (χ2n) is 1.80. The van der Waals surface area contributed by atoms with E-state index in [9.17, 15) is 14.2 Å². The van der Waals surface area contributed by atoms with Crippen LogP contribution in [0, 0.1) is 0 Å². The van der Waals surface area contributed by atoms with Crippen LogP contribution in [0.5, 0.6) is 0 Å². The molecule has 0 heterocycles. The van der Waals surface area contributed by atoms with Crippen LogP contribution < -0.4 is 0 Å². The summed E-state index contributed by atoms with van der Waals surface area (Å²) in [6.07, 6.45) is 0. The fraction of sp³-hybridized carbons (Fsp3) is 0.500. The SMILES string of the molecule is COC(=O)C(=C=O)P(=O)(OC)OC.[NaH]. The van der Waals surface area contributed by atoms with Gasteiger partial charge in [-0.25, -0.2) is 9.59 Å². The standard InChI is InChI=1S/C6H9O6P.Na.H/c1-10-6(8)5(4-7)13(9,11-2)12-3;;/h1-3H3;;. The summed E-state index contributed by atoms with van der Waals surface area (Å²) in [4.78, 5) is 21.1. The average Bonchev–Trinajstić information content (AvgIpc) is 2.18. The van der Waals surface area contributed by atoms with Crippen molar-refractivity contribution < 1.29 is 27.9 Å². The van der Waals surface area contributed by atoms with Crippen LogP contribution in [0.2, 0.25) is 0 Å². The first kappa shape index (κ1) is 16.5. The van der Waals surface area contributed by atoms with Crippen LogP contribution in [0.3, 0.4) is 0 Å². The summed E-state index contributed by atoms with van der Waals surface area (Å²) in [5.74, 6) is 0.0927. The van der Waals surface area contributed by atoms with E-state index in [1.807, 2.05) is 0 Å². The van der Waals surface area contributed by atoms with Gasteiger partial charge in [0.25, 0.3) is 0 Å². The monoisotopic (exact) mass is 232 g/mol. The molecule has 0 N–H and O–H groups in total. The molecule has 0 aromatic heterocycles. The Labute approximate surface area is 103 Å². The Balaban J connectivity index is 0. The van der Waals surface area contributed by atoms with Crippen molar-refractivity contribution in [2.75, 3.05) is 21.3 Å². The third kappa shape index (κ3) is 3.67. The Morgan fingerprint density at radius 1 is 1.21 bits per heavy atom. The van der Waals surface area contributed by atoms with E-state index < -0.39 is 18.9 Å². The van der Waals surface area contributed by atoms with E-state index in [0.29, 0.717) is 0 Å². The third-order valence-electron chi connectivity index (χ3n) is 1.23. The second-order valence-corrected chi connectivity index (χ2v) is 3.98. The van der Waals surface area contributed by atoms with E-state index >= 15 is 0 Å². The first-order chi connectivity index (χ1) is 6.05. The zero-order valence-corrected chi connectivity index (χ0v) is 8.29. The van der Waals surface area contributed by atoms with Gasteiger partial charge in [-0.2, -0.15) is 0 Å². The predicted molar refractivity (Wildman–Crippen MR) is 50.0 cm³/mol. The molecule has 0 aliphatic heterocycles. The van der Waals surface area contributed by atoms with Gasteiger partial charge in [0.15, 0.2) is 0 Å². The van der Waals surface area contributed by atoms with Crippen LogP contribution in [0.15, 0.2) is 5.31 Å². The van der Waals surface area contributed by atoms with Crippen LogP contribution in [-0.4, -0.2) is 62.8 Å². The number of carbonyl (C=O) groups excluding carboxylic acids is 2. The van der Waals surface area contributed by atoms with Crippen LogP contribution in [0.4, 0.5) is 0 Å². The van der Waals surface area contributed by atoms with Crippen molar-refractivity contribution in [3.63, 3.8) is 0 Å². The molecule has 0 saturated heterocycles.